The number of nitrogens with one attached hydrogen (secondary N) is 1. The van der Waals surface area contributed by atoms with Crippen molar-refractivity contribution in [3.05, 3.63) is 76.2 Å². The number of anilines is 2. The number of halogens is 2. The summed E-state index contributed by atoms with van der Waals surface area (Å²) in [6.07, 6.45) is 0. The smallest absolute Gasteiger partial charge is 0.269 e. The molecule has 4 aromatic rings. The van der Waals surface area contributed by atoms with E-state index in [9.17, 15) is 8.42 Å². The Labute approximate surface area is 178 Å². The first kappa shape index (κ1) is 19.7. The fraction of sp³-hybridized carbons (Fsp3) is 0.100. The van der Waals surface area contributed by atoms with E-state index in [1.165, 1.54) is 3.97 Å². The van der Waals surface area contributed by atoms with Gasteiger partial charge in [-0.15, -0.1) is 0 Å². The summed E-state index contributed by atoms with van der Waals surface area (Å²) in [7, 11) is -3.86. The molecule has 0 saturated carbocycles. The van der Waals surface area contributed by atoms with E-state index < -0.39 is 10.0 Å². The van der Waals surface area contributed by atoms with Crippen LogP contribution in [0.15, 0.2) is 59.5 Å². The highest BCUT2D eigenvalue weighted by molar-refractivity contribution is 7.90. The third-order valence-corrected chi connectivity index (χ3v) is 6.62. The van der Waals surface area contributed by atoms with Gasteiger partial charge in [0.15, 0.2) is 5.65 Å². The van der Waals surface area contributed by atoms with Gasteiger partial charge in [0.1, 0.15) is 5.82 Å². The molecule has 0 radical (unpaired) electrons. The molecule has 148 valence electrons. The van der Waals surface area contributed by atoms with Gasteiger partial charge in [0.25, 0.3) is 10.0 Å². The Kier molecular flexibility index (Phi) is 4.98. The molecule has 29 heavy (non-hydrogen) atoms. The van der Waals surface area contributed by atoms with Gasteiger partial charge in [0.05, 0.1) is 10.3 Å². The zero-order valence-corrected chi connectivity index (χ0v) is 17.8. The highest BCUT2D eigenvalue weighted by Gasteiger charge is 2.24. The Morgan fingerprint density at radius 2 is 1.69 bits per heavy atom. The van der Waals surface area contributed by atoms with Crippen LogP contribution >= 0.6 is 23.2 Å². The van der Waals surface area contributed by atoms with Gasteiger partial charge in [-0.2, -0.15) is 9.97 Å². The van der Waals surface area contributed by atoms with Crippen LogP contribution in [0.3, 0.4) is 0 Å². The molecule has 9 heteroatoms. The number of rotatable bonds is 4. The molecule has 0 spiro atoms. The van der Waals surface area contributed by atoms with E-state index in [1.54, 1.807) is 55.5 Å². The summed E-state index contributed by atoms with van der Waals surface area (Å²) in [6, 6.07) is 15.5. The van der Waals surface area contributed by atoms with Crippen LogP contribution in [-0.2, 0) is 10.0 Å². The van der Waals surface area contributed by atoms with Crippen molar-refractivity contribution in [3.8, 4) is 0 Å². The highest BCUT2D eigenvalue weighted by atomic mass is 35.5. The average Bonchev–Trinajstić information content (AvgIpc) is 2.99. The van der Waals surface area contributed by atoms with Crippen molar-refractivity contribution in [2.45, 2.75) is 18.7 Å². The lowest BCUT2D eigenvalue weighted by atomic mass is 10.2. The molecule has 0 fully saturated rings. The van der Waals surface area contributed by atoms with E-state index in [1.807, 2.05) is 13.0 Å². The number of aromatic nitrogens is 3. The number of fused-ring (bicyclic) bond motifs is 1. The first-order chi connectivity index (χ1) is 13.8. The summed E-state index contributed by atoms with van der Waals surface area (Å²) in [5.41, 5.74) is 2.36. The van der Waals surface area contributed by atoms with E-state index >= 15 is 0 Å². The molecule has 4 rings (SSSR count). The minimum Gasteiger partial charge on any atom is -0.339 e. The number of benzene rings is 2. The van der Waals surface area contributed by atoms with Gasteiger partial charge in [0, 0.05) is 16.4 Å². The van der Waals surface area contributed by atoms with Crippen LogP contribution in [-0.4, -0.2) is 22.4 Å². The number of hydrogen-bond donors (Lipinski definition) is 1. The lowest BCUT2D eigenvalue weighted by Gasteiger charge is -2.11. The molecule has 6 nitrogen and oxygen atoms in total. The number of aryl methyl sites for hydroxylation is 2. The normalized spacial score (nSPS) is 11.7. The second-order valence-corrected chi connectivity index (χ2v) is 9.14. The number of nitrogens with zero attached hydrogens (tertiary/aromatic N) is 3. The quantitative estimate of drug-likeness (QED) is 0.428. The summed E-state index contributed by atoms with van der Waals surface area (Å²) in [5, 5.41) is 4.16. The van der Waals surface area contributed by atoms with Crippen molar-refractivity contribution >= 4 is 55.8 Å². The Balaban J connectivity index is 1.90. The van der Waals surface area contributed by atoms with Crippen molar-refractivity contribution in [2.75, 3.05) is 5.32 Å². The van der Waals surface area contributed by atoms with Crippen LogP contribution in [0.25, 0.3) is 11.0 Å². The minimum atomic E-state index is -3.86. The maximum atomic E-state index is 13.3. The molecular weight excluding hydrogens is 431 g/mol. The van der Waals surface area contributed by atoms with Crippen LogP contribution in [0.1, 0.15) is 11.3 Å². The van der Waals surface area contributed by atoms with E-state index in [-0.39, 0.29) is 15.8 Å². The molecule has 0 bridgehead atoms. The molecule has 2 heterocycles. The van der Waals surface area contributed by atoms with Gasteiger partial charge in [-0.25, -0.2) is 12.4 Å². The van der Waals surface area contributed by atoms with Gasteiger partial charge < -0.3 is 5.32 Å². The minimum absolute atomic E-state index is 0.0690. The fourth-order valence-electron chi connectivity index (χ4n) is 3.07. The first-order valence-corrected chi connectivity index (χ1v) is 10.9. The molecule has 2 aromatic heterocycles. The van der Waals surface area contributed by atoms with Crippen LogP contribution in [0.4, 0.5) is 11.5 Å². The van der Waals surface area contributed by atoms with E-state index in [2.05, 4.69) is 15.3 Å². The molecule has 0 aliphatic rings. The Hall–Kier alpha value is -2.61. The topological polar surface area (TPSA) is 76.9 Å². The summed E-state index contributed by atoms with van der Waals surface area (Å²) < 4.78 is 27.8. The number of hydrogen-bond acceptors (Lipinski definition) is 5. The highest BCUT2D eigenvalue weighted by Crippen LogP contribution is 2.31. The Bertz CT molecular complexity index is 1330. The van der Waals surface area contributed by atoms with Gasteiger partial charge in [-0.1, -0.05) is 35.4 Å². The van der Waals surface area contributed by atoms with Crippen LogP contribution in [0.2, 0.25) is 10.3 Å². The van der Waals surface area contributed by atoms with Crippen molar-refractivity contribution in [1.29, 1.82) is 0 Å². The van der Waals surface area contributed by atoms with Gasteiger partial charge in [0.2, 0.25) is 5.28 Å². The van der Waals surface area contributed by atoms with Crippen molar-refractivity contribution in [1.82, 2.24) is 13.9 Å². The zero-order valence-electron chi connectivity index (χ0n) is 15.5. The summed E-state index contributed by atoms with van der Waals surface area (Å²) >= 11 is 12.2. The van der Waals surface area contributed by atoms with Crippen LogP contribution < -0.4 is 5.32 Å². The zero-order chi connectivity index (χ0) is 20.8. The fourth-order valence-corrected chi connectivity index (χ4v) is 4.91. The summed E-state index contributed by atoms with van der Waals surface area (Å²) in [4.78, 5) is 8.61. The Morgan fingerprint density at radius 1 is 0.966 bits per heavy atom. The van der Waals surface area contributed by atoms with Gasteiger partial charge in [-0.3, -0.25) is 0 Å². The van der Waals surface area contributed by atoms with Gasteiger partial charge in [-0.05, 0) is 61.8 Å². The standard InChI is InChI=1S/C20H16Cl2N4O2S/c1-12-6-8-16(9-7-12)29(27,28)26-13(2)10-17-18(24-20(22)25-19(17)26)23-15-5-3-4-14(21)11-15/h3-11H,1-2H3,(H,23,24,25). The lowest BCUT2D eigenvalue weighted by Crippen LogP contribution is -2.15. The summed E-state index contributed by atoms with van der Waals surface area (Å²) in [5.74, 6) is 0.392. The van der Waals surface area contributed by atoms with E-state index in [4.69, 9.17) is 23.2 Å². The largest absolute Gasteiger partial charge is 0.339 e. The molecule has 0 saturated heterocycles. The molecule has 2 aromatic carbocycles. The molecular formula is C20H16Cl2N4O2S. The SMILES string of the molecule is Cc1ccc(S(=O)(=O)n2c(C)cc3c(Nc4cccc(Cl)c4)nc(Cl)nc32)cc1. The molecule has 0 aliphatic carbocycles. The molecule has 0 atom stereocenters. The predicted molar refractivity (Wildman–Crippen MR) is 116 cm³/mol. The second kappa shape index (κ2) is 7.33. The van der Waals surface area contributed by atoms with Gasteiger partial charge >= 0.3 is 0 Å². The van der Waals surface area contributed by atoms with E-state index in [0.29, 0.717) is 27.6 Å². The maximum absolute atomic E-state index is 13.3. The monoisotopic (exact) mass is 446 g/mol. The molecule has 0 aliphatic heterocycles. The third kappa shape index (κ3) is 3.69. The Morgan fingerprint density at radius 3 is 2.38 bits per heavy atom. The van der Waals surface area contributed by atoms with Crippen LogP contribution in [0.5, 0.6) is 0 Å². The molecule has 0 amide bonds. The first-order valence-electron chi connectivity index (χ1n) is 8.66. The van der Waals surface area contributed by atoms with Crippen LogP contribution in [0, 0.1) is 13.8 Å². The predicted octanol–water partition coefficient (Wildman–Crippen LogP) is 5.34. The lowest BCUT2D eigenvalue weighted by molar-refractivity contribution is 0.587. The van der Waals surface area contributed by atoms with Crippen molar-refractivity contribution in [2.24, 2.45) is 0 Å². The maximum Gasteiger partial charge on any atom is 0.269 e. The molecule has 1 N–H and O–H groups in total. The van der Waals surface area contributed by atoms with E-state index in [0.717, 1.165) is 5.56 Å². The summed E-state index contributed by atoms with van der Waals surface area (Å²) in [6.45, 7) is 3.60. The average molecular weight is 447 g/mol. The third-order valence-electron chi connectivity index (χ3n) is 4.41. The second-order valence-electron chi connectivity index (χ2n) is 6.58. The van der Waals surface area contributed by atoms with Crippen molar-refractivity contribution < 1.29 is 8.42 Å². The molecule has 0 unspecified atom stereocenters. The van der Waals surface area contributed by atoms with Crippen molar-refractivity contribution in [3.63, 3.8) is 0 Å².